The number of furan rings is 1. The maximum absolute atomic E-state index is 12.2. The van der Waals surface area contributed by atoms with Crippen LogP contribution in [-0.4, -0.2) is 19.4 Å². The van der Waals surface area contributed by atoms with Gasteiger partial charge in [-0.2, -0.15) is 8.42 Å². The highest BCUT2D eigenvalue weighted by molar-refractivity contribution is 9.10. The molecule has 6 nitrogen and oxygen atoms in total. The minimum absolute atomic E-state index is 0.118. The zero-order chi connectivity index (χ0) is 14.9. The van der Waals surface area contributed by atoms with Crippen molar-refractivity contribution in [3.05, 3.63) is 40.7 Å². The van der Waals surface area contributed by atoms with Gasteiger partial charge < -0.3 is 9.73 Å². The molecule has 0 spiro atoms. The fraction of sp³-hybridized carbons (Fsp3) is 0.308. The van der Waals surface area contributed by atoms with Crippen molar-refractivity contribution in [1.29, 1.82) is 0 Å². The van der Waals surface area contributed by atoms with E-state index in [1.165, 1.54) is 25.1 Å². The summed E-state index contributed by atoms with van der Waals surface area (Å²) in [7, 11) is -3.77. The van der Waals surface area contributed by atoms with Gasteiger partial charge in [0.25, 0.3) is 10.0 Å². The number of nitrogens with one attached hydrogen (secondary N) is 2. The second kappa shape index (κ2) is 5.78. The average Bonchev–Trinajstić information content (AvgIpc) is 3.15. The topological polar surface area (TPSA) is 84.2 Å². The Morgan fingerprint density at radius 2 is 2.14 bits per heavy atom. The highest BCUT2D eigenvalue weighted by Crippen LogP contribution is 2.24. The zero-order valence-corrected chi connectivity index (χ0v) is 13.4. The predicted molar refractivity (Wildman–Crippen MR) is 81.3 cm³/mol. The van der Waals surface area contributed by atoms with Crippen molar-refractivity contribution in [2.45, 2.75) is 30.5 Å². The monoisotopic (exact) mass is 371 g/mol. The number of aromatic nitrogens is 1. The van der Waals surface area contributed by atoms with E-state index in [2.05, 4.69) is 31.0 Å². The van der Waals surface area contributed by atoms with Gasteiger partial charge in [-0.05, 0) is 53.0 Å². The Kier molecular flexibility index (Phi) is 4.01. The molecular weight excluding hydrogens is 358 g/mol. The first kappa shape index (κ1) is 14.6. The third-order valence-corrected chi connectivity index (χ3v) is 4.88. The number of rotatable bonds is 6. The number of anilines is 1. The molecule has 1 fully saturated rings. The number of sulfonamides is 1. The Labute approximate surface area is 131 Å². The second-order valence-corrected chi connectivity index (χ2v) is 7.28. The minimum atomic E-state index is -3.77. The Morgan fingerprint density at radius 3 is 2.86 bits per heavy atom. The maximum Gasteiger partial charge on any atom is 0.296 e. The van der Waals surface area contributed by atoms with Crippen molar-refractivity contribution in [1.82, 2.24) is 10.3 Å². The third-order valence-electron chi connectivity index (χ3n) is 3.03. The van der Waals surface area contributed by atoms with E-state index in [9.17, 15) is 8.42 Å². The van der Waals surface area contributed by atoms with Crippen LogP contribution in [0.2, 0.25) is 0 Å². The van der Waals surface area contributed by atoms with Crippen molar-refractivity contribution in [3.8, 4) is 0 Å². The van der Waals surface area contributed by atoms with Gasteiger partial charge in [0.15, 0.2) is 5.82 Å². The second-order valence-electron chi connectivity index (χ2n) is 4.82. The van der Waals surface area contributed by atoms with Crippen LogP contribution in [0.4, 0.5) is 5.82 Å². The fourth-order valence-corrected chi connectivity index (χ4v) is 3.24. The molecule has 3 rings (SSSR count). The van der Waals surface area contributed by atoms with E-state index in [0.29, 0.717) is 22.8 Å². The summed E-state index contributed by atoms with van der Waals surface area (Å²) < 4.78 is 32.8. The average molecular weight is 372 g/mol. The number of hydrogen-bond donors (Lipinski definition) is 2. The lowest BCUT2D eigenvalue weighted by Gasteiger charge is -2.06. The van der Waals surface area contributed by atoms with Gasteiger partial charge in [-0.15, -0.1) is 0 Å². The molecular formula is C13H14BrN3O3S. The highest BCUT2D eigenvalue weighted by Gasteiger charge is 2.23. The van der Waals surface area contributed by atoms with Gasteiger partial charge in [-0.1, -0.05) is 0 Å². The van der Waals surface area contributed by atoms with Crippen LogP contribution in [0.25, 0.3) is 0 Å². The number of pyridine rings is 1. The van der Waals surface area contributed by atoms with Crippen LogP contribution in [0.15, 0.2) is 44.4 Å². The molecule has 1 saturated carbocycles. The van der Waals surface area contributed by atoms with E-state index < -0.39 is 10.0 Å². The highest BCUT2D eigenvalue weighted by atomic mass is 79.9. The van der Waals surface area contributed by atoms with Gasteiger partial charge in [-0.3, -0.25) is 4.72 Å². The lowest BCUT2D eigenvalue weighted by molar-refractivity contribution is 0.403. The van der Waals surface area contributed by atoms with Crippen molar-refractivity contribution in [2.75, 3.05) is 4.72 Å². The molecule has 0 aromatic carbocycles. The van der Waals surface area contributed by atoms with Gasteiger partial charge in [0.05, 0.1) is 11.0 Å². The molecule has 1 aliphatic carbocycles. The van der Waals surface area contributed by atoms with Crippen molar-refractivity contribution >= 4 is 31.8 Å². The largest absolute Gasteiger partial charge is 0.446 e. The van der Waals surface area contributed by atoms with Crippen molar-refractivity contribution < 1.29 is 12.8 Å². The van der Waals surface area contributed by atoms with Crippen LogP contribution in [0.5, 0.6) is 0 Å². The molecule has 8 heteroatoms. The zero-order valence-electron chi connectivity index (χ0n) is 11.0. The van der Waals surface area contributed by atoms with Crippen LogP contribution < -0.4 is 10.0 Å². The lowest BCUT2D eigenvalue weighted by Crippen LogP contribution is -2.15. The van der Waals surface area contributed by atoms with E-state index >= 15 is 0 Å². The molecule has 2 aromatic heterocycles. The van der Waals surface area contributed by atoms with Crippen LogP contribution >= 0.6 is 15.9 Å². The normalized spacial score (nSPS) is 15.1. The molecule has 2 N–H and O–H groups in total. The molecule has 0 bridgehead atoms. The molecule has 0 amide bonds. The molecule has 0 radical (unpaired) electrons. The van der Waals surface area contributed by atoms with E-state index in [1.54, 1.807) is 18.2 Å². The Balaban J connectivity index is 1.73. The summed E-state index contributed by atoms with van der Waals surface area (Å²) in [6.07, 6.45) is 3.85. The van der Waals surface area contributed by atoms with Gasteiger partial charge in [0.2, 0.25) is 5.09 Å². The molecule has 21 heavy (non-hydrogen) atoms. The van der Waals surface area contributed by atoms with Crippen LogP contribution in [0, 0.1) is 0 Å². The summed E-state index contributed by atoms with van der Waals surface area (Å²) in [4.78, 5) is 3.97. The Morgan fingerprint density at radius 1 is 1.33 bits per heavy atom. The van der Waals surface area contributed by atoms with Crippen LogP contribution in [0.3, 0.4) is 0 Å². The first-order chi connectivity index (χ1) is 10.0. The first-order valence-corrected chi connectivity index (χ1v) is 8.78. The summed E-state index contributed by atoms with van der Waals surface area (Å²) in [5, 5.41) is 3.15. The van der Waals surface area contributed by atoms with E-state index in [0.717, 1.165) is 0 Å². The molecule has 1 aliphatic rings. The van der Waals surface area contributed by atoms with Gasteiger partial charge in [-0.25, -0.2) is 4.98 Å². The summed E-state index contributed by atoms with van der Waals surface area (Å²) in [6.45, 7) is 0.535. The predicted octanol–water partition coefficient (Wildman–Crippen LogP) is 2.49. The summed E-state index contributed by atoms with van der Waals surface area (Å²) in [5.41, 5.74) is 0. The summed E-state index contributed by atoms with van der Waals surface area (Å²) in [5.74, 6) is 0.828. The number of hydrogen-bond acceptors (Lipinski definition) is 5. The molecule has 2 aromatic rings. The van der Waals surface area contributed by atoms with Crippen LogP contribution in [-0.2, 0) is 16.6 Å². The third kappa shape index (κ3) is 3.63. The molecule has 112 valence electrons. The summed E-state index contributed by atoms with van der Waals surface area (Å²) in [6, 6.07) is 7.06. The first-order valence-electron chi connectivity index (χ1n) is 6.50. The maximum atomic E-state index is 12.2. The molecule has 0 atom stereocenters. The van der Waals surface area contributed by atoms with Crippen LogP contribution in [0.1, 0.15) is 18.6 Å². The smallest absolute Gasteiger partial charge is 0.296 e. The fourth-order valence-electron chi connectivity index (χ4n) is 1.77. The SMILES string of the molecule is O=S(=O)(Nc1ncccc1Br)c1ccc(CNC2CC2)o1. The van der Waals surface area contributed by atoms with E-state index in [1.807, 2.05) is 0 Å². The van der Waals surface area contributed by atoms with Crippen molar-refractivity contribution in [2.24, 2.45) is 0 Å². The number of nitrogens with zero attached hydrogens (tertiary/aromatic N) is 1. The molecule has 0 saturated heterocycles. The van der Waals surface area contributed by atoms with E-state index in [-0.39, 0.29) is 10.9 Å². The van der Waals surface area contributed by atoms with Crippen molar-refractivity contribution in [3.63, 3.8) is 0 Å². The van der Waals surface area contributed by atoms with Gasteiger partial charge >= 0.3 is 0 Å². The molecule has 0 unspecified atom stereocenters. The lowest BCUT2D eigenvalue weighted by atomic mass is 10.4. The molecule has 2 heterocycles. The quantitative estimate of drug-likeness (QED) is 0.814. The standard InChI is InChI=1S/C13H14BrN3O3S/c14-11-2-1-7-15-13(11)17-21(18,19)12-6-5-10(20-12)8-16-9-3-4-9/h1-2,5-7,9,16H,3-4,8H2,(H,15,17). The van der Waals surface area contributed by atoms with Gasteiger partial charge in [0, 0.05) is 12.2 Å². The Bertz CT molecular complexity index is 741. The summed E-state index contributed by atoms with van der Waals surface area (Å²) >= 11 is 3.24. The number of halogens is 1. The van der Waals surface area contributed by atoms with Gasteiger partial charge in [0.1, 0.15) is 5.76 Å². The molecule has 0 aliphatic heterocycles. The van der Waals surface area contributed by atoms with E-state index in [4.69, 9.17) is 4.42 Å². The minimum Gasteiger partial charge on any atom is -0.446 e. The Hall–Kier alpha value is -1.38.